The molecule has 3 rings (SSSR count). The van der Waals surface area contributed by atoms with Gasteiger partial charge in [-0.2, -0.15) is 9.78 Å². The van der Waals surface area contributed by atoms with E-state index in [4.69, 9.17) is 21.1 Å². The highest BCUT2D eigenvalue weighted by molar-refractivity contribution is 9.10. The lowest BCUT2D eigenvalue weighted by atomic mass is 10.2. The molecule has 0 spiro atoms. The zero-order valence-corrected chi connectivity index (χ0v) is 20.1. The van der Waals surface area contributed by atoms with Crippen LogP contribution >= 0.6 is 43.5 Å². The first-order valence-corrected chi connectivity index (χ1v) is 10.6. The van der Waals surface area contributed by atoms with Crippen LogP contribution in [0.25, 0.3) is 10.9 Å². The van der Waals surface area contributed by atoms with Crippen molar-refractivity contribution in [3.63, 3.8) is 0 Å². The second-order valence-electron chi connectivity index (χ2n) is 6.48. The average Bonchev–Trinajstić information content (AvgIpc) is 2.70. The van der Waals surface area contributed by atoms with E-state index in [0.29, 0.717) is 43.3 Å². The monoisotopic (exact) mass is 541 g/mol. The number of methoxy groups -OCH3 is 2. The summed E-state index contributed by atoms with van der Waals surface area (Å²) in [6.45, 7) is 3.92. The van der Waals surface area contributed by atoms with Crippen LogP contribution in [0.5, 0.6) is 11.5 Å². The Labute approximate surface area is 189 Å². The molecule has 29 heavy (non-hydrogen) atoms. The Bertz CT molecular complexity index is 1180. The van der Waals surface area contributed by atoms with Gasteiger partial charge in [-0.3, -0.25) is 4.79 Å². The minimum Gasteiger partial charge on any atom is -0.493 e. The topological polar surface area (TPSA) is 65.7 Å². The van der Waals surface area contributed by atoms with Crippen molar-refractivity contribution in [2.75, 3.05) is 14.2 Å². The summed E-state index contributed by atoms with van der Waals surface area (Å²) in [5, 5.41) is 5.26. The van der Waals surface area contributed by atoms with E-state index in [1.165, 1.54) is 25.1 Å². The van der Waals surface area contributed by atoms with Crippen molar-refractivity contribution in [2.45, 2.75) is 19.8 Å². The molecule has 0 saturated heterocycles. The number of fused-ring (bicyclic) bond motifs is 1. The van der Waals surface area contributed by atoms with Gasteiger partial charge in [0.15, 0.2) is 11.5 Å². The standard InChI is InChI=1S/C20H18Br2ClN3O3/c1-10(2)19-25-14-6-5-12(21)8-13(14)20(27)26(19)24-9-11-7-15(28-3)18(29-4)17(23)16(11)22/h5-10H,1-4H3. The lowest BCUT2D eigenvalue weighted by Gasteiger charge is -2.14. The third-order valence-electron chi connectivity index (χ3n) is 4.24. The summed E-state index contributed by atoms with van der Waals surface area (Å²) < 4.78 is 13.3. The number of hydrogen-bond acceptors (Lipinski definition) is 5. The molecule has 0 aliphatic heterocycles. The molecule has 2 aromatic carbocycles. The smallest absolute Gasteiger partial charge is 0.282 e. The van der Waals surface area contributed by atoms with Crippen molar-refractivity contribution in [3.05, 3.63) is 60.0 Å². The van der Waals surface area contributed by atoms with Crippen molar-refractivity contribution >= 4 is 60.6 Å². The van der Waals surface area contributed by atoms with Gasteiger partial charge in [-0.25, -0.2) is 4.98 Å². The zero-order valence-electron chi connectivity index (χ0n) is 16.2. The van der Waals surface area contributed by atoms with Gasteiger partial charge in [-0.15, -0.1) is 0 Å². The predicted octanol–water partition coefficient (Wildman–Crippen LogP) is 5.60. The van der Waals surface area contributed by atoms with Crippen LogP contribution in [0.1, 0.15) is 31.2 Å². The third-order valence-corrected chi connectivity index (χ3v) is 6.18. The number of halogens is 3. The molecule has 0 amide bonds. The van der Waals surface area contributed by atoms with E-state index < -0.39 is 0 Å². The van der Waals surface area contributed by atoms with Gasteiger partial charge in [-0.05, 0) is 40.2 Å². The van der Waals surface area contributed by atoms with Gasteiger partial charge in [0.25, 0.3) is 5.56 Å². The largest absolute Gasteiger partial charge is 0.493 e. The summed E-state index contributed by atoms with van der Waals surface area (Å²) in [5.41, 5.74) is 1.01. The first-order valence-electron chi connectivity index (χ1n) is 8.65. The zero-order chi connectivity index (χ0) is 21.3. The molecule has 152 valence electrons. The van der Waals surface area contributed by atoms with E-state index in [9.17, 15) is 4.79 Å². The van der Waals surface area contributed by atoms with Crippen LogP contribution in [0, 0.1) is 0 Å². The highest BCUT2D eigenvalue weighted by atomic mass is 79.9. The van der Waals surface area contributed by atoms with Gasteiger partial charge < -0.3 is 9.47 Å². The van der Waals surface area contributed by atoms with Gasteiger partial charge in [0.1, 0.15) is 10.8 Å². The molecular formula is C20H18Br2ClN3O3. The average molecular weight is 544 g/mol. The first kappa shape index (κ1) is 21.8. The summed E-state index contributed by atoms with van der Waals surface area (Å²) in [5.74, 6) is 1.42. The van der Waals surface area contributed by atoms with E-state index in [0.717, 1.165) is 4.47 Å². The van der Waals surface area contributed by atoms with Gasteiger partial charge in [0.05, 0.1) is 31.3 Å². The Balaban J connectivity index is 2.21. The maximum Gasteiger partial charge on any atom is 0.282 e. The molecule has 0 N–H and O–H groups in total. The van der Waals surface area contributed by atoms with Gasteiger partial charge >= 0.3 is 0 Å². The number of nitrogens with zero attached hydrogens (tertiary/aromatic N) is 3. The van der Waals surface area contributed by atoms with Gasteiger partial charge in [-0.1, -0.05) is 41.4 Å². The van der Waals surface area contributed by atoms with E-state index in [-0.39, 0.29) is 11.5 Å². The second-order valence-corrected chi connectivity index (χ2v) is 8.56. The molecule has 3 aromatic rings. The van der Waals surface area contributed by atoms with Crippen LogP contribution < -0.4 is 15.0 Å². The molecule has 0 fully saturated rings. The SMILES string of the molecule is COc1cc(C=Nn2c(C(C)C)nc3ccc(Br)cc3c2=O)c(Br)c(Cl)c1OC. The van der Waals surface area contributed by atoms with Crippen LogP contribution in [0.2, 0.25) is 5.02 Å². The number of rotatable bonds is 5. The van der Waals surface area contributed by atoms with E-state index >= 15 is 0 Å². The number of ether oxygens (including phenoxy) is 2. The molecule has 0 saturated carbocycles. The lowest BCUT2D eigenvalue weighted by Crippen LogP contribution is -2.23. The minimum atomic E-state index is -0.251. The Hall–Kier alpha value is -1.90. The molecule has 0 aliphatic carbocycles. The molecular weight excluding hydrogens is 525 g/mol. The van der Waals surface area contributed by atoms with Crippen molar-refractivity contribution < 1.29 is 9.47 Å². The lowest BCUT2D eigenvalue weighted by molar-refractivity contribution is 0.355. The summed E-state index contributed by atoms with van der Waals surface area (Å²) >= 11 is 13.2. The third kappa shape index (κ3) is 4.20. The van der Waals surface area contributed by atoms with Crippen molar-refractivity contribution in [1.29, 1.82) is 0 Å². The fraction of sp³-hybridized carbons (Fsp3) is 0.250. The van der Waals surface area contributed by atoms with Crippen LogP contribution in [-0.4, -0.2) is 30.1 Å². The van der Waals surface area contributed by atoms with E-state index in [2.05, 4.69) is 41.9 Å². The van der Waals surface area contributed by atoms with E-state index in [1.807, 2.05) is 26.0 Å². The van der Waals surface area contributed by atoms with Crippen LogP contribution in [-0.2, 0) is 0 Å². The maximum atomic E-state index is 13.1. The highest BCUT2D eigenvalue weighted by Gasteiger charge is 2.17. The molecule has 0 aliphatic rings. The van der Waals surface area contributed by atoms with Crippen molar-refractivity contribution in [2.24, 2.45) is 5.10 Å². The highest BCUT2D eigenvalue weighted by Crippen LogP contribution is 2.41. The molecule has 1 heterocycles. The van der Waals surface area contributed by atoms with Gasteiger partial charge in [0, 0.05) is 20.4 Å². The second kappa shape index (κ2) is 8.85. The molecule has 6 nitrogen and oxygen atoms in total. The quantitative estimate of drug-likeness (QED) is 0.393. The molecule has 9 heteroatoms. The fourth-order valence-corrected chi connectivity index (χ4v) is 3.85. The molecule has 0 atom stereocenters. The van der Waals surface area contributed by atoms with Crippen LogP contribution in [0.3, 0.4) is 0 Å². The minimum absolute atomic E-state index is 0.00895. The Kier molecular flexibility index (Phi) is 6.65. The number of benzene rings is 2. The summed E-state index contributed by atoms with van der Waals surface area (Å²) in [6.07, 6.45) is 1.54. The van der Waals surface area contributed by atoms with Crippen LogP contribution in [0.4, 0.5) is 0 Å². The summed E-state index contributed by atoms with van der Waals surface area (Å²) in [4.78, 5) is 17.7. The maximum absolute atomic E-state index is 13.1. The Morgan fingerprint density at radius 3 is 2.55 bits per heavy atom. The summed E-state index contributed by atoms with van der Waals surface area (Å²) in [7, 11) is 3.03. The molecule has 1 aromatic heterocycles. The number of aromatic nitrogens is 2. The van der Waals surface area contributed by atoms with Crippen molar-refractivity contribution in [1.82, 2.24) is 9.66 Å². The summed E-state index contributed by atoms with van der Waals surface area (Å²) in [6, 6.07) is 7.13. The normalized spacial score (nSPS) is 11.6. The Morgan fingerprint density at radius 2 is 1.93 bits per heavy atom. The Morgan fingerprint density at radius 1 is 1.21 bits per heavy atom. The van der Waals surface area contributed by atoms with Gasteiger partial charge in [0.2, 0.25) is 0 Å². The first-order chi connectivity index (χ1) is 13.8. The number of hydrogen-bond donors (Lipinski definition) is 0. The molecule has 0 bridgehead atoms. The van der Waals surface area contributed by atoms with E-state index in [1.54, 1.807) is 12.1 Å². The molecule has 0 radical (unpaired) electrons. The van der Waals surface area contributed by atoms with Crippen molar-refractivity contribution in [3.8, 4) is 11.5 Å². The predicted molar refractivity (Wildman–Crippen MR) is 123 cm³/mol. The molecule has 0 unspecified atom stereocenters. The fourth-order valence-electron chi connectivity index (χ4n) is 2.81. The van der Waals surface area contributed by atoms with Crippen LogP contribution in [0.15, 0.2) is 43.1 Å².